The maximum Gasteiger partial charge on any atom is 0.227 e. The number of aliphatic hydroxyl groups excluding tert-OH is 1. The van der Waals surface area contributed by atoms with Crippen molar-refractivity contribution in [3.8, 4) is 17.3 Å². The maximum atomic E-state index is 14.6. The van der Waals surface area contributed by atoms with Crippen LogP contribution < -0.4 is 4.74 Å². The van der Waals surface area contributed by atoms with Gasteiger partial charge in [0.15, 0.2) is 11.6 Å². The van der Waals surface area contributed by atoms with Crippen molar-refractivity contribution in [3.63, 3.8) is 0 Å². The van der Waals surface area contributed by atoms with Crippen molar-refractivity contribution in [1.82, 2.24) is 14.7 Å². The fraction of sp³-hybridized carbons (Fsp3) is 0.464. The predicted molar refractivity (Wildman–Crippen MR) is 138 cm³/mol. The maximum absolute atomic E-state index is 14.6. The third-order valence-electron chi connectivity index (χ3n) is 5.64. The van der Waals surface area contributed by atoms with E-state index in [4.69, 9.17) is 19.3 Å². The minimum Gasteiger partial charge on any atom is -0.435 e. The van der Waals surface area contributed by atoms with Crippen LogP contribution in [0.5, 0.6) is 11.6 Å². The van der Waals surface area contributed by atoms with Crippen LogP contribution in [0.3, 0.4) is 0 Å². The van der Waals surface area contributed by atoms with Gasteiger partial charge in [-0.1, -0.05) is 44.2 Å². The Kier molecular flexibility index (Phi) is 10.4. The molecule has 0 aliphatic heterocycles. The number of benzene rings is 2. The Morgan fingerprint density at radius 1 is 1.03 bits per heavy atom. The number of aliphatic hydroxyl groups is 1. The minimum absolute atomic E-state index is 0.0319. The van der Waals surface area contributed by atoms with E-state index in [1.165, 1.54) is 6.07 Å². The molecule has 0 radical (unpaired) electrons. The van der Waals surface area contributed by atoms with Gasteiger partial charge in [0.2, 0.25) is 5.88 Å². The molecule has 1 atom stereocenters. The van der Waals surface area contributed by atoms with Gasteiger partial charge in [0.05, 0.1) is 42.4 Å². The van der Waals surface area contributed by atoms with Crippen LogP contribution in [0.4, 0.5) is 4.39 Å². The van der Waals surface area contributed by atoms with E-state index in [9.17, 15) is 9.50 Å². The SMILES string of the molecule is COCCN(Cc1c(C(C)C)nn(-c2ccccc2)c1Oc1ccccc1F)C[C@H](O)COC(C)C. The molecule has 1 heterocycles. The number of hydrogen-bond donors (Lipinski definition) is 1. The first-order chi connectivity index (χ1) is 17.3. The summed E-state index contributed by atoms with van der Waals surface area (Å²) in [5, 5.41) is 15.5. The Morgan fingerprint density at radius 2 is 1.72 bits per heavy atom. The summed E-state index contributed by atoms with van der Waals surface area (Å²) in [4.78, 5) is 2.09. The molecule has 1 aromatic heterocycles. The summed E-state index contributed by atoms with van der Waals surface area (Å²) in [6.45, 7) is 10.1. The van der Waals surface area contributed by atoms with E-state index in [2.05, 4.69) is 18.7 Å². The number of methoxy groups -OCH3 is 1. The zero-order valence-corrected chi connectivity index (χ0v) is 21.9. The normalized spacial score (nSPS) is 12.6. The summed E-state index contributed by atoms with van der Waals surface area (Å²) in [5.41, 5.74) is 2.50. The molecule has 0 bridgehead atoms. The monoisotopic (exact) mass is 499 g/mol. The molecule has 36 heavy (non-hydrogen) atoms. The molecule has 0 aliphatic rings. The molecular weight excluding hydrogens is 461 g/mol. The van der Waals surface area contributed by atoms with Crippen LogP contribution in [-0.2, 0) is 16.0 Å². The molecule has 0 aliphatic carbocycles. The lowest BCUT2D eigenvalue weighted by Crippen LogP contribution is -2.37. The van der Waals surface area contributed by atoms with Crippen molar-refractivity contribution in [2.75, 3.05) is 33.4 Å². The zero-order chi connectivity index (χ0) is 26.1. The highest BCUT2D eigenvalue weighted by atomic mass is 19.1. The van der Waals surface area contributed by atoms with Gasteiger partial charge in [0, 0.05) is 26.7 Å². The first-order valence-corrected chi connectivity index (χ1v) is 12.4. The van der Waals surface area contributed by atoms with E-state index in [1.54, 1.807) is 30.0 Å². The number of para-hydroxylation sites is 2. The van der Waals surface area contributed by atoms with Crippen LogP contribution in [0, 0.1) is 5.82 Å². The third kappa shape index (κ3) is 7.61. The average Bonchev–Trinajstić information content (AvgIpc) is 3.21. The minimum atomic E-state index is -0.674. The molecule has 3 aromatic rings. The summed E-state index contributed by atoms with van der Waals surface area (Å²) >= 11 is 0. The molecule has 0 saturated heterocycles. The van der Waals surface area contributed by atoms with Gasteiger partial charge in [-0.25, -0.2) is 9.07 Å². The lowest BCUT2D eigenvalue weighted by Gasteiger charge is -2.26. The van der Waals surface area contributed by atoms with Crippen LogP contribution in [-0.4, -0.2) is 65.4 Å². The fourth-order valence-corrected chi connectivity index (χ4v) is 3.88. The lowest BCUT2D eigenvalue weighted by atomic mass is 10.1. The highest BCUT2D eigenvalue weighted by Gasteiger charge is 2.26. The van der Waals surface area contributed by atoms with Crippen LogP contribution in [0.15, 0.2) is 54.6 Å². The highest BCUT2D eigenvalue weighted by Crippen LogP contribution is 2.35. The van der Waals surface area contributed by atoms with E-state index < -0.39 is 11.9 Å². The number of aromatic nitrogens is 2. The summed E-state index contributed by atoms with van der Waals surface area (Å²) in [6.07, 6.45) is -0.642. The van der Waals surface area contributed by atoms with E-state index in [0.29, 0.717) is 32.1 Å². The van der Waals surface area contributed by atoms with Crippen LogP contribution in [0.25, 0.3) is 5.69 Å². The Hall–Kier alpha value is -2.78. The van der Waals surface area contributed by atoms with Crippen molar-refractivity contribution in [1.29, 1.82) is 0 Å². The van der Waals surface area contributed by atoms with Gasteiger partial charge in [-0.05, 0) is 44.0 Å². The van der Waals surface area contributed by atoms with Gasteiger partial charge in [0.25, 0.3) is 0 Å². The first-order valence-electron chi connectivity index (χ1n) is 12.4. The average molecular weight is 500 g/mol. The number of halogens is 1. The molecule has 0 spiro atoms. The van der Waals surface area contributed by atoms with Gasteiger partial charge < -0.3 is 19.3 Å². The van der Waals surface area contributed by atoms with Crippen molar-refractivity contribution >= 4 is 0 Å². The van der Waals surface area contributed by atoms with Crippen LogP contribution in [0.1, 0.15) is 44.9 Å². The summed E-state index contributed by atoms with van der Waals surface area (Å²) in [7, 11) is 1.65. The second-order valence-electron chi connectivity index (χ2n) is 9.37. The number of ether oxygens (including phenoxy) is 3. The molecule has 2 aromatic carbocycles. The van der Waals surface area contributed by atoms with Crippen molar-refractivity contribution < 1.29 is 23.7 Å². The van der Waals surface area contributed by atoms with Gasteiger partial charge in [-0.2, -0.15) is 5.10 Å². The van der Waals surface area contributed by atoms with Gasteiger partial charge >= 0.3 is 0 Å². The van der Waals surface area contributed by atoms with Crippen LogP contribution in [0.2, 0.25) is 0 Å². The lowest BCUT2D eigenvalue weighted by molar-refractivity contribution is -0.0122. The Bertz CT molecular complexity index is 1070. The third-order valence-corrected chi connectivity index (χ3v) is 5.64. The summed E-state index contributed by atoms with van der Waals surface area (Å²) < 4.78 is 33.5. The van der Waals surface area contributed by atoms with E-state index in [-0.39, 0.29) is 24.4 Å². The number of nitrogens with zero attached hydrogens (tertiary/aromatic N) is 3. The molecular formula is C28H38FN3O4. The number of rotatable bonds is 14. The summed E-state index contributed by atoms with van der Waals surface area (Å²) in [5.74, 6) is 0.213. The van der Waals surface area contributed by atoms with Crippen molar-refractivity contribution in [2.24, 2.45) is 0 Å². The first kappa shape index (κ1) is 27.8. The molecule has 7 nitrogen and oxygen atoms in total. The molecule has 0 amide bonds. The topological polar surface area (TPSA) is 69.0 Å². The molecule has 0 saturated carbocycles. The molecule has 8 heteroatoms. The Morgan fingerprint density at radius 3 is 2.36 bits per heavy atom. The quantitative estimate of drug-likeness (QED) is 0.330. The van der Waals surface area contributed by atoms with Crippen molar-refractivity contribution in [2.45, 2.75) is 52.4 Å². The predicted octanol–water partition coefficient (Wildman–Crippen LogP) is 5.16. The van der Waals surface area contributed by atoms with Crippen LogP contribution >= 0.6 is 0 Å². The zero-order valence-electron chi connectivity index (χ0n) is 21.9. The molecule has 0 fully saturated rings. The van der Waals surface area contributed by atoms with E-state index in [0.717, 1.165) is 16.9 Å². The van der Waals surface area contributed by atoms with Crippen molar-refractivity contribution in [3.05, 3.63) is 71.7 Å². The second kappa shape index (κ2) is 13.5. The largest absolute Gasteiger partial charge is 0.435 e. The molecule has 1 N–H and O–H groups in total. The Balaban J connectivity index is 2.03. The molecule has 196 valence electrons. The fourth-order valence-electron chi connectivity index (χ4n) is 3.88. The smallest absolute Gasteiger partial charge is 0.227 e. The van der Waals surface area contributed by atoms with E-state index in [1.807, 2.05) is 44.2 Å². The second-order valence-corrected chi connectivity index (χ2v) is 9.37. The summed E-state index contributed by atoms with van der Waals surface area (Å²) in [6, 6.07) is 16.0. The number of hydrogen-bond acceptors (Lipinski definition) is 6. The molecule has 0 unspecified atom stereocenters. The van der Waals surface area contributed by atoms with Gasteiger partial charge in [0.1, 0.15) is 0 Å². The standard InChI is InChI=1S/C28H38FN3O4/c1-20(2)27-24(18-31(15-16-34-5)17-23(33)19-35-21(3)4)28(36-26-14-10-9-13-25(26)29)32(30-27)22-11-7-6-8-12-22/h6-14,20-21,23,33H,15-19H2,1-5H3/t23-/m0/s1. The van der Waals surface area contributed by atoms with E-state index >= 15 is 0 Å². The van der Waals surface area contributed by atoms with Gasteiger partial charge in [-0.15, -0.1) is 0 Å². The molecule has 3 rings (SSSR count). The Labute approximate surface area is 213 Å². The van der Waals surface area contributed by atoms with Gasteiger partial charge in [-0.3, -0.25) is 4.90 Å². The highest BCUT2D eigenvalue weighted by molar-refractivity contribution is 5.44.